The lowest BCUT2D eigenvalue weighted by molar-refractivity contribution is 1.10. The fourth-order valence-electron chi connectivity index (χ4n) is 2.98. The average Bonchev–Trinajstić information content (AvgIpc) is 3.24. The van der Waals surface area contributed by atoms with Gasteiger partial charge in [0.1, 0.15) is 5.69 Å². The normalized spacial score (nSPS) is 11.4. The maximum absolute atomic E-state index is 5.84. The SMILES string of the molecule is Nc1cncc(-c2cnc3[nH]nc(-c4cc5ccncc5[nH]4)c3c2)c1. The summed E-state index contributed by atoms with van der Waals surface area (Å²) in [5.74, 6) is 0. The number of H-pyrrole nitrogens is 2. The van der Waals surface area contributed by atoms with Crippen LogP contribution in [0.1, 0.15) is 0 Å². The average molecular weight is 327 g/mol. The van der Waals surface area contributed by atoms with Crippen molar-refractivity contribution in [2.24, 2.45) is 0 Å². The quantitative estimate of drug-likeness (QED) is 0.461. The maximum atomic E-state index is 5.84. The Morgan fingerprint density at radius 3 is 2.72 bits per heavy atom. The summed E-state index contributed by atoms with van der Waals surface area (Å²) in [4.78, 5) is 16.1. The van der Waals surface area contributed by atoms with Crippen molar-refractivity contribution >= 4 is 27.6 Å². The molecule has 7 nitrogen and oxygen atoms in total. The minimum atomic E-state index is 0.619. The van der Waals surface area contributed by atoms with Crippen LogP contribution in [0.5, 0.6) is 0 Å². The van der Waals surface area contributed by atoms with Gasteiger partial charge in [0.25, 0.3) is 0 Å². The Hall–Kier alpha value is -3.74. The number of nitrogens with one attached hydrogen (secondary N) is 2. The summed E-state index contributed by atoms with van der Waals surface area (Å²) in [7, 11) is 0. The molecule has 5 aromatic heterocycles. The molecule has 0 saturated carbocycles. The molecule has 0 radical (unpaired) electrons. The largest absolute Gasteiger partial charge is 0.397 e. The molecular formula is C18H13N7. The van der Waals surface area contributed by atoms with E-state index in [0.29, 0.717) is 5.69 Å². The molecule has 5 heterocycles. The second kappa shape index (κ2) is 5.13. The molecular weight excluding hydrogens is 314 g/mol. The van der Waals surface area contributed by atoms with E-state index in [4.69, 9.17) is 5.73 Å². The van der Waals surface area contributed by atoms with Crippen LogP contribution in [0.3, 0.4) is 0 Å². The van der Waals surface area contributed by atoms with Gasteiger partial charge in [-0.05, 0) is 24.3 Å². The highest BCUT2D eigenvalue weighted by Crippen LogP contribution is 2.30. The van der Waals surface area contributed by atoms with E-state index in [2.05, 4.69) is 36.2 Å². The predicted octanol–water partition coefficient (Wildman–Crippen LogP) is 3.15. The van der Waals surface area contributed by atoms with Crippen LogP contribution in [0.4, 0.5) is 5.69 Å². The molecule has 0 aliphatic heterocycles. The summed E-state index contributed by atoms with van der Waals surface area (Å²) in [6, 6.07) is 7.94. The number of nitrogen functional groups attached to an aromatic ring is 1. The van der Waals surface area contributed by atoms with Crippen LogP contribution in [0.15, 0.2) is 55.2 Å². The van der Waals surface area contributed by atoms with Gasteiger partial charge in [0.15, 0.2) is 5.65 Å². The summed E-state index contributed by atoms with van der Waals surface area (Å²) in [5, 5.41) is 9.44. The number of nitrogens with zero attached hydrogens (tertiary/aromatic N) is 4. The molecule has 0 saturated heterocycles. The van der Waals surface area contributed by atoms with E-state index < -0.39 is 0 Å². The highest BCUT2D eigenvalue weighted by atomic mass is 15.2. The van der Waals surface area contributed by atoms with Gasteiger partial charge in [0.2, 0.25) is 0 Å². The molecule has 0 atom stereocenters. The highest BCUT2D eigenvalue weighted by Gasteiger charge is 2.13. The maximum Gasteiger partial charge on any atom is 0.155 e. The zero-order valence-electron chi connectivity index (χ0n) is 13.1. The standard InChI is InChI=1S/C18H13N7/c19-13-3-11(6-21-8-13)12-4-14-17(24-25-18(14)22-7-12)15-5-10-1-2-20-9-16(10)23-15/h1-9,23H,19H2,(H,22,24,25). The van der Waals surface area contributed by atoms with E-state index in [0.717, 1.165) is 44.5 Å². The molecule has 0 bridgehead atoms. The summed E-state index contributed by atoms with van der Waals surface area (Å²) < 4.78 is 0. The van der Waals surface area contributed by atoms with E-state index in [1.165, 1.54) is 0 Å². The molecule has 0 unspecified atom stereocenters. The molecule has 0 spiro atoms. The third-order valence-corrected chi connectivity index (χ3v) is 4.19. The molecule has 0 aromatic carbocycles. The van der Waals surface area contributed by atoms with Crippen LogP contribution < -0.4 is 5.73 Å². The lowest BCUT2D eigenvalue weighted by atomic mass is 10.1. The third kappa shape index (κ3) is 2.21. The monoisotopic (exact) mass is 327 g/mol. The summed E-state index contributed by atoms with van der Waals surface area (Å²) in [6.45, 7) is 0. The first-order valence-electron chi connectivity index (χ1n) is 7.76. The van der Waals surface area contributed by atoms with Gasteiger partial charge in [0.05, 0.1) is 23.1 Å². The Labute approximate surface area is 142 Å². The topological polar surface area (TPSA) is 109 Å². The molecule has 120 valence electrons. The molecule has 5 rings (SSSR count). The number of hydrogen-bond acceptors (Lipinski definition) is 5. The molecule has 0 amide bonds. The van der Waals surface area contributed by atoms with Crippen LogP contribution in [0.25, 0.3) is 44.5 Å². The summed E-state index contributed by atoms with van der Waals surface area (Å²) in [5.41, 5.74) is 11.7. The second-order valence-electron chi connectivity index (χ2n) is 5.85. The number of anilines is 1. The number of aromatic amines is 2. The van der Waals surface area contributed by atoms with E-state index in [1.54, 1.807) is 31.0 Å². The Balaban J connectivity index is 1.70. The molecule has 0 aliphatic rings. The molecule has 25 heavy (non-hydrogen) atoms. The smallest absolute Gasteiger partial charge is 0.155 e. The van der Waals surface area contributed by atoms with Gasteiger partial charge in [-0.3, -0.25) is 15.1 Å². The minimum absolute atomic E-state index is 0.619. The summed E-state index contributed by atoms with van der Waals surface area (Å²) in [6.07, 6.45) is 8.76. The van der Waals surface area contributed by atoms with Crippen LogP contribution in [0.2, 0.25) is 0 Å². The van der Waals surface area contributed by atoms with Gasteiger partial charge in [-0.25, -0.2) is 4.98 Å². The molecule has 7 heteroatoms. The Kier molecular flexibility index (Phi) is 2.81. The molecule has 5 aromatic rings. The molecule has 0 aliphatic carbocycles. The Bertz CT molecular complexity index is 1190. The van der Waals surface area contributed by atoms with Crippen molar-refractivity contribution in [2.45, 2.75) is 0 Å². The number of hydrogen-bond donors (Lipinski definition) is 3. The third-order valence-electron chi connectivity index (χ3n) is 4.19. The number of fused-ring (bicyclic) bond motifs is 2. The summed E-state index contributed by atoms with van der Waals surface area (Å²) >= 11 is 0. The van der Waals surface area contributed by atoms with Crippen molar-refractivity contribution in [3.8, 4) is 22.5 Å². The number of pyridine rings is 3. The van der Waals surface area contributed by atoms with Gasteiger partial charge in [-0.1, -0.05) is 0 Å². The fourth-order valence-corrected chi connectivity index (χ4v) is 2.98. The van der Waals surface area contributed by atoms with E-state index in [1.807, 2.05) is 18.2 Å². The number of nitrogens with two attached hydrogens (primary N) is 1. The lowest BCUT2D eigenvalue weighted by Crippen LogP contribution is -1.88. The van der Waals surface area contributed by atoms with E-state index in [9.17, 15) is 0 Å². The van der Waals surface area contributed by atoms with Crippen molar-refractivity contribution in [3.05, 3.63) is 55.2 Å². The van der Waals surface area contributed by atoms with Crippen LogP contribution in [0, 0.1) is 0 Å². The van der Waals surface area contributed by atoms with Gasteiger partial charge >= 0.3 is 0 Å². The lowest BCUT2D eigenvalue weighted by Gasteiger charge is -2.02. The first-order chi connectivity index (χ1) is 12.3. The minimum Gasteiger partial charge on any atom is -0.397 e. The van der Waals surface area contributed by atoms with Crippen molar-refractivity contribution in [1.29, 1.82) is 0 Å². The van der Waals surface area contributed by atoms with E-state index in [-0.39, 0.29) is 0 Å². The highest BCUT2D eigenvalue weighted by molar-refractivity contribution is 5.95. The first kappa shape index (κ1) is 13.7. The molecule has 0 fully saturated rings. The van der Waals surface area contributed by atoms with Gasteiger partial charge < -0.3 is 10.7 Å². The van der Waals surface area contributed by atoms with Crippen LogP contribution in [-0.4, -0.2) is 30.1 Å². The second-order valence-corrected chi connectivity index (χ2v) is 5.85. The number of aromatic nitrogens is 6. The van der Waals surface area contributed by atoms with Gasteiger partial charge in [0, 0.05) is 46.7 Å². The molecule has 4 N–H and O–H groups in total. The number of rotatable bonds is 2. The van der Waals surface area contributed by atoms with Crippen molar-refractivity contribution < 1.29 is 0 Å². The predicted molar refractivity (Wildman–Crippen MR) is 96.6 cm³/mol. The van der Waals surface area contributed by atoms with Crippen LogP contribution >= 0.6 is 0 Å². The zero-order chi connectivity index (χ0) is 16.8. The van der Waals surface area contributed by atoms with Gasteiger partial charge in [-0.15, -0.1) is 0 Å². The van der Waals surface area contributed by atoms with Gasteiger partial charge in [-0.2, -0.15) is 5.10 Å². The Morgan fingerprint density at radius 1 is 0.920 bits per heavy atom. The van der Waals surface area contributed by atoms with Crippen molar-refractivity contribution in [1.82, 2.24) is 30.1 Å². The van der Waals surface area contributed by atoms with Crippen molar-refractivity contribution in [3.63, 3.8) is 0 Å². The zero-order valence-corrected chi connectivity index (χ0v) is 13.1. The Morgan fingerprint density at radius 2 is 1.84 bits per heavy atom. The van der Waals surface area contributed by atoms with Crippen molar-refractivity contribution in [2.75, 3.05) is 5.73 Å². The first-order valence-corrected chi connectivity index (χ1v) is 7.76. The van der Waals surface area contributed by atoms with Crippen LogP contribution in [-0.2, 0) is 0 Å². The fraction of sp³-hybridized carbons (Fsp3) is 0. The van der Waals surface area contributed by atoms with E-state index >= 15 is 0 Å².